The molecule has 0 aromatic heterocycles. The number of carbonyl (C=O) groups excluding carboxylic acids is 1. The largest absolute Gasteiger partial charge is 0.435 e. The van der Waals surface area contributed by atoms with Gasteiger partial charge >= 0.3 is 6.61 Å². The number of halogens is 2. The number of aliphatic hydroxyl groups is 1. The number of hydrogen-bond acceptors (Lipinski definition) is 3. The molecule has 1 aromatic rings. The Morgan fingerprint density at radius 2 is 1.87 bits per heavy atom. The molecule has 6 heteroatoms. The van der Waals surface area contributed by atoms with E-state index < -0.39 is 12.2 Å². The van der Waals surface area contributed by atoms with Crippen molar-refractivity contribution in [2.75, 3.05) is 0 Å². The van der Waals surface area contributed by atoms with Gasteiger partial charge in [0.15, 0.2) is 0 Å². The average molecular weight is 327 g/mol. The van der Waals surface area contributed by atoms with E-state index in [1.54, 1.807) is 12.1 Å². The lowest BCUT2D eigenvalue weighted by Gasteiger charge is -2.31. The Balaban J connectivity index is 1.87. The molecule has 1 aromatic carbocycles. The molecule has 1 fully saturated rings. The fourth-order valence-corrected chi connectivity index (χ4v) is 3.00. The van der Waals surface area contributed by atoms with Gasteiger partial charge in [0.2, 0.25) is 5.91 Å². The Bertz CT molecular complexity index is 513. The second-order valence-corrected chi connectivity index (χ2v) is 6.20. The third-order valence-corrected chi connectivity index (χ3v) is 4.26. The van der Waals surface area contributed by atoms with E-state index in [1.165, 1.54) is 12.1 Å². The molecule has 1 aliphatic rings. The van der Waals surface area contributed by atoms with E-state index in [-0.39, 0.29) is 24.1 Å². The van der Waals surface area contributed by atoms with Gasteiger partial charge in [-0.3, -0.25) is 4.79 Å². The summed E-state index contributed by atoms with van der Waals surface area (Å²) in [5.41, 5.74) is -0.104. The number of amides is 1. The highest BCUT2D eigenvalue weighted by molar-refractivity contribution is 5.77. The van der Waals surface area contributed by atoms with Gasteiger partial charge in [0.05, 0.1) is 18.1 Å². The third kappa shape index (κ3) is 5.46. The van der Waals surface area contributed by atoms with Crippen molar-refractivity contribution >= 4 is 5.91 Å². The Morgan fingerprint density at radius 1 is 1.26 bits per heavy atom. The van der Waals surface area contributed by atoms with E-state index in [9.17, 15) is 18.7 Å². The van der Waals surface area contributed by atoms with Gasteiger partial charge in [0.1, 0.15) is 5.75 Å². The lowest BCUT2D eigenvalue weighted by molar-refractivity contribution is -0.128. The topological polar surface area (TPSA) is 58.6 Å². The third-order valence-electron chi connectivity index (χ3n) is 4.26. The normalized spacial score (nSPS) is 18.5. The van der Waals surface area contributed by atoms with Crippen LogP contribution in [0.4, 0.5) is 8.78 Å². The van der Waals surface area contributed by atoms with Crippen LogP contribution < -0.4 is 10.1 Å². The Hall–Kier alpha value is -1.69. The molecule has 1 atom stereocenters. The second kappa shape index (κ2) is 7.73. The summed E-state index contributed by atoms with van der Waals surface area (Å²) in [6.45, 7) is -1.04. The van der Waals surface area contributed by atoms with Crippen LogP contribution in [0.25, 0.3) is 0 Å². The first kappa shape index (κ1) is 17.7. The molecule has 1 saturated carbocycles. The standard InChI is InChI=1S/C17H23F2NO3/c1-12(13-5-7-14(8-6-13)23-16(18)19)20-15(21)11-17(22)9-3-2-4-10-17/h5-8,12,16,22H,2-4,9-11H2,1H3,(H,20,21). The van der Waals surface area contributed by atoms with Gasteiger partial charge in [-0.2, -0.15) is 8.78 Å². The molecule has 128 valence electrons. The van der Waals surface area contributed by atoms with Gasteiger partial charge in [-0.15, -0.1) is 0 Å². The minimum Gasteiger partial charge on any atom is -0.435 e. The summed E-state index contributed by atoms with van der Waals surface area (Å²) in [6, 6.07) is 5.89. The maximum atomic E-state index is 12.1. The highest BCUT2D eigenvalue weighted by Gasteiger charge is 2.32. The fraction of sp³-hybridized carbons (Fsp3) is 0.588. The number of alkyl halides is 2. The minimum atomic E-state index is -2.85. The second-order valence-electron chi connectivity index (χ2n) is 6.20. The molecular weight excluding hydrogens is 304 g/mol. The molecule has 0 radical (unpaired) electrons. The van der Waals surface area contributed by atoms with Gasteiger partial charge in [-0.25, -0.2) is 0 Å². The van der Waals surface area contributed by atoms with Gasteiger partial charge in [-0.05, 0) is 37.5 Å². The van der Waals surface area contributed by atoms with Gasteiger partial charge in [0.25, 0.3) is 0 Å². The molecule has 23 heavy (non-hydrogen) atoms. The van der Waals surface area contributed by atoms with Gasteiger partial charge in [0, 0.05) is 0 Å². The van der Waals surface area contributed by atoms with Crippen LogP contribution >= 0.6 is 0 Å². The molecule has 2 N–H and O–H groups in total. The zero-order chi connectivity index (χ0) is 16.9. The maximum absolute atomic E-state index is 12.1. The van der Waals surface area contributed by atoms with E-state index in [4.69, 9.17) is 0 Å². The molecule has 1 unspecified atom stereocenters. The molecule has 0 bridgehead atoms. The summed E-state index contributed by atoms with van der Waals surface area (Å²) in [4.78, 5) is 12.1. The number of nitrogens with one attached hydrogen (secondary N) is 1. The van der Waals surface area contributed by atoms with Crippen LogP contribution in [0.5, 0.6) is 5.75 Å². The van der Waals surface area contributed by atoms with Crippen LogP contribution in [0.2, 0.25) is 0 Å². The number of carbonyl (C=O) groups is 1. The van der Waals surface area contributed by atoms with E-state index in [0.29, 0.717) is 12.8 Å². The Morgan fingerprint density at radius 3 is 2.43 bits per heavy atom. The van der Waals surface area contributed by atoms with Crippen molar-refractivity contribution in [1.82, 2.24) is 5.32 Å². The van der Waals surface area contributed by atoms with Crippen LogP contribution in [0, 0.1) is 0 Å². The smallest absolute Gasteiger partial charge is 0.387 e. The fourth-order valence-electron chi connectivity index (χ4n) is 3.00. The first-order valence-corrected chi connectivity index (χ1v) is 7.94. The predicted octanol–water partition coefficient (Wildman–Crippen LogP) is 3.55. The molecule has 2 rings (SSSR count). The summed E-state index contributed by atoms with van der Waals surface area (Å²) >= 11 is 0. The van der Waals surface area contributed by atoms with Gasteiger partial charge < -0.3 is 15.2 Å². The minimum absolute atomic E-state index is 0.0822. The molecule has 1 aliphatic carbocycles. The molecule has 0 saturated heterocycles. The molecule has 0 heterocycles. The molecule has 0 aliphatic heterocycles. The van der Waals surface area contributed by atoms with Crippen LogP contribution in [0.3, 0.4) is 0 Å². The van der Waals surface area contributed by atoms with Crippen molar-refractivity contribution in [3.05, 3.63) is 29.8 Å². The quantitative estimate of drug-likeness (QED) is 0.840. The van der Waals surface area contributed by atoms with Crippen LogP contribution in [0.1, 0.15) is 57.1 Å². The molecule has 4 nitrogen and oxygen atoms in total. The van der Waals surface area contributed by atoms with Crippen molar-refractivity contribution in [3.8, 4) is 5.75 Å². The average Bonchev–Trinajstić information content (AvgIpc) is 2.47. The van der Waals surface area contributed by atoms with Crippen molar-refractivity contribution in [3.63, 3.8) is 0 Å². The highest BCUT2D eigenvalue weighted by atomic mass is 19.3. The molecule has 1 amide bonds. The Kier molecular flexibility index (Phi) is 5.93. The number of rotatable bonds is 6. The predicted molar refractivity (Wildman–Crippen MR) is 82.3 cm³/mol. The van der Waals surface area contributed by atoms with E-state index in [1.807, 2.05) is 6.92 Å². The lowest BCUT2D eigenvalue weighted by Crippen LogP contribution is -2.39. The molecular formula is C17H23F2NO3. The SMILES string of the molecule is CC(NC(=O)CC1(O)CCCCC1)c1ccc(OC(F)F)cc1. The number of benzene rings is 1. The van der Waals surface area contributed by atoms with Gasteiger partial charge in [-0.1, -0.05) is 31.4 Å². The Labute approximate surface area is 134 Å². The molecule has 0 spiro atoms. The summed E-state index contributed by atoms with van der Waals surface area (Å²) in [5, 5.41) is 13.2. The summed E-state index contributed by atoms with van der Waals surface area (Å²) < 4.78 is 28.5. The number of hydrogen-bond donors (Lipinski definition) is 2. The van der Waals surface area contributed by atoms with E-state index in [2.05, 4.69) is 10.1 Å². The van der Waals surface area contributed by atoms with E-state index in [0.717, 1.165) is 24.8 Å². The van der Waals surface area contributed by atoms with Crippen LogP contribution in [0.15, 0.2) is 24.3 Å². The zero-order valence-corrected chi connectivity index (χ0v) is 13.2. The highest BCUT2D eigenvalue weighted by Crippen LogP contribution is 2.31. The summed E-state index contributed by atoms with van der Waals surface area (Å²) in [7, 11) is 0. The first-order chi connectivity index (χ1) is 10.9. The van der Waals surface area contributed by atoms with Crippen molar-refractivity contribution in [2.24, 2.45) is 0 Å². The van der Waals surface area contributed by atoms with Crippen molar-refractivity contribution in [1.29, 1.82) is 0 Å². The van der Waals surface area contributed by atoms with E-state index >= 15 is 0 Å². The zero-order valence-electron chi connectivity index (χ0n) is 13.2. The van der Waals surface area contributed by atoms with Crippen LogP contribution in [-0.2, 0) is 4.79 Å². The van der Waals surface area contributed by atoms with Crippen LogP contribution in [-0.4, -0.2) is 23.2 Å². The number of ether oxygens (including phenoxy) is 1. The lowest BCUT2D eigenvalue weighted by atomic mass is 9.82. The van der Waals surface area contributed by atoms with Crippen molar-refractivity contribution < 1.29 is 23.4 Å². The summed E-state index contributed by atoms with van der Waals surface area (Å²) in [5.74, 6) is -0.117. The first-order valence-electron chi connectivity index (χ1n) is 7.94. The maximum Gasteiger partial charge on any atom is 0.387 e. The summed E-state index contributed by atoms with van der Waals surface area (Å²) in [6.07, 6.45) is 4.43. The monoisotopic (exact) mass is 327 g/mol. The van der Waals surface area contributed by atoms with Crippen molar-refractivity contribution in [2.45, 2.75) is 63.7 Å².